The second-order valence-corrected chi connectivity index (χ2v) is 9.28. The van der Waals surface area contributed by atoms with Crippen LogP contribution in [0.5, 0.6) is 0 Å². The van der Waals surface area contributed by atoms with E-state index in [1.165, 1.54) is 22.0 Å². The molecule has 0 spiro atoms. The molecule has 1 aromatic carbocycles. The van der Waals surface area contributed by atoms with Crippen LogP contribution in [0.4, 0.5) is 0 Å². The molecule has 2 heterocycles. The number of nitrogens with zero attached hydrogens (tertiary/aromatic N) is 4. The van der Waals surface area contributed by atoms with Crippen LogP contribution in [0.2, 0.25) is 10.0 Å². The van der Waals surface area contributed by atoms with E-state index < -0.39 is 10.0 Å². The number of sulfonamides is 1. The highest BCUT2D eigenvalue weighted by Crippen LogP contribution is 2.28. The minimum Gasteiger partial charge on any atom is -0.296 e. The molecular weight excluding hydrogens is 395 g/mol. The van der Waals surface area contributed by atoms with E-state index in [1.807, 2.05) is 18.7 Å². The third-order valence-corrected chi connectivity index (χ3v) is 7.50. The Morgan fingerprint density at radius 3 is 2.35 bits per heavy atom. The number of piperazine rings is 1. The van der Waals surface area contributed by atoms with Gasteiger partial charge in [-0.2, -0.15) is 9.40 Å². The third kappa shape index (κ3) is 3.77. The monoisotopic (exact) mass is 416 g/mol. The molecule has 0 atom stereocenters. The molecular formula is C17H22Cl2N4O2S. The molecule has 1 aliphatic rings. The molecule has 0 N–H and O–H groups in total. The summed E-state index contributed by atoms with van der Waals surface area (Å²) >= 11 is 12.0. The predicted molar refractivity (Wildman–Crippen MR) is 103 cm³/mol. The Hall–Kier alpha value is -1.12. The molecule has 0 amide bonds. The van der Waals surface area contributed by atoms with Crippen LogP contribution in [-0.2, 0) is 23.6 Å². The average Bonchev–Trinajstić information content (AvgIpc) is 2.83. The topological polar surface area (TPSA) is 58.4 Å². The van der Waals surface area contributed by atoms with E-state index in [9.17, 15) is 8.42 Å². The average molecular weight is 417 g/mol. The number of hydrogen-bond donors (Lipinski definition) is 0. The molecule has 26 heavy (non-hydrogen) atoms. The van der Waals surface area contributed by atoms with Crippen molar-refractivity contribution in [1.82, 2.24) is 19.0 Å². The second kappa shape index (κ2) is 7.48. The van der Waals surface area contributed by atoms with E-state index in [4.69, 9.17) is 23.2 Å². The summed E-state index contributed by atoms with van der Waals surface area (Å²) in [4.78, 5) is 2.32. The van der Waals surface area contributed by atoms with E-state index in [1.54, 1.807) is 6.07 Å². The number of halogens is 2. The van der Waals surface area contributed by atoms with Gasteiger partial charge in [-0.1, -0.05) is 23.2 Å². The van der Waals surface area contributed by atoms with Crippen molar-refractivity contribution in [2.24, 2.45) is 7.05 Å². The van der Waals surface area contributed by atoms with Crippen LogP contribution in [0, 0.1) is 13.8 Å². The number of benzene rings is 1. The van der Waals surface area contributed by atoms with Crippen molar-refractivity contribution in [1.29, 1.82) is 0 Å². The van der Waals surface area contributed by atoms with Gasteiger partial charge in [0.25, 0.3) is 0 Å². The molecule has 1 aliphatic heterocycles. The van der Waals surface area contributed by atoms with Gasteiger partial charge in [0, 0.05) is 56.1 Å². The molecule has 142 valence electrons. The van der Waals surface area contributed by atoms with Gasteiger partial charge < -0.3 is 0 Å². The fraction of sp³-hybridized carbons (Fsp3) is 0.471. The number of aromatic nitrogens is 2. The van der Waals surface area contributed by atoms with Crippen LogP contribution in [0.1, 0.15) is 17.0 Å². The van der Waals surface area contributed by atoms with Crippen molar-refractivity contribution < 1.29 is 8.42 Å². The van der Waals surface area contributed by atoms with Gasteiger partial charge in [0.2, 0.25) is 10.0 Å². The van der Waals surface area contributed by atoms with Gasteiger partial charge in [0.15, 0.2) is 0 Å². The van der Waals surface area contributed by atoms with Crippen LogP contribution in [0.15, 0.2) is 23.1 Å². The van der Waals surface area contributed by atoms with Crippen molar-refractivity contribution >= 4 is 33.2 Å². The Labute approximate surface area is 164 Å². The van der Waals surface area contributed by atoms with Crippen molar-refractivity contribution in [2.45, 2.75) is 25.3 Å². The summed E-state index contributed by atoms with van der Waals surface area (Å²) in [6.45, 7) is 6.99. The second-order valence-electron chi connectivity index (χ2n) is 6.53. The summed E-state index contributed by atoms with van der Waals surface area (Å²) in [6.07, 6.45) is 0. The van der Waals surface area contributed by atoms with E-state index in [0.717, 1.165) is 17.9 Å². The molecule has 2 aromatic rings. The highest BCUT2D eigenvalue weighted by atomic mass is 35.5. The first-order valence-electron chi connectivity index (χ1n) is 8.37. The zero-order valence-electron chi connectivity index (χ0n) is 15.0. The molecule has 0 bridgehead atoms. The number of rotatable bonds is 4. The standard InChI is InChI=1S/C17H22Cl2N4O2S/c1-12-15(13(2)21(3)20-12)11-22-6-8-23(9-7-22)26(24,25)17-10-14(18)4-5-16(17)19/h4-5,10H,6-9,11H2,1-3H3. The molecule has 3 rings (SSSR count). The van der Waals surface area contributed by atoms with Crippen LogP contribution >= 0.6 is 23.2 Å². The maximum atomic E-state index is 12.9. The van der Waals surface area contributed by atoms with E-state index in [-0.39, 0.29) is 9.92 Å². The van der Waals surface area contributed by atoms with Gasteiger partial charge in [-0.3, -0.25) is 9.58 Å². The Bertz CT molecular complexity index is 919. The van der Waals surface area contributed by atoms with Gasteiger partial charge in [0.05, 0.1) is 10.7 Å². The quantitative estimate of drug-likeness (QED) is 0.768. The summed E-state index contributed by atoms with van der Waals surface area (Å²) < 4.78 is 29.1. The van der Waals surface area contributed by atoms with Gasteiger partial charge in [-0.25, -0.2) is 8.42 Å². The highest BCUT2D eigenvalue weighted by Gasteiger charge is 2.30. The Kier molecular flexibility index (Phi) is 5.65. The molecule has 1 aromatic heterocycles. The highest BCUT2D eigenvalue weighted by molar-refractivity contribution is 7.89. The summed E-state index contributed by atoms with van der Waals surface area (Å²) in [5.74, 6) is 0. The van der Waals surface area contributed by atoms with Crippen LogP contribution in [0.25, 0.3) is 0 Å². The molecule has 1 fully saturated rings. The van der Waals surface area contributed by atoms with Gasteiger partial charge in [0.1, 0.15) is 4.90 Å². The molecule has 0 aliphatic carbocycles. The maximum Gasteiger partial charge on any atom is 0.244 e. The summed E-state index contributed by atoms with van der Waals surface area (Å²) in [7, 11) is -1.71. The Morgan fingerprint density at radius 2 is 1.77 bits per heavy atom. The van der Waals surface area contributed by atoms with Gasteiger partial charge >= 0.3 is 0 Å². The van der Waals surface area contributed by atoms with Crippen molar-refractivity contribution in [3.63, 3.8) is 0 Å². The maximum absolute atomic E-state index is 12.9. The SMILES string of the molecule is Cc1nn(C)c(C)c1CN1CCN(S(=O)(=O)c2cc(Cl)ccc2Cl)CC1. The number of hydrogen-bond acceptors (Lipinski definition) is 4. The zero-order valence-corrected chi connectivity index (χ0v) is 17.4. The Morgan fingerprint density at radius 1 is 1.12 bits per heavy atom. The van der Waals surface area contributed by atoms with E-state index in [2.05, 4.69) is 16.9 Å². The molecule has 1 saturated heterocycles. The van der Waals surface area contributed by atoms with Crippen LogP contribution in [0.3, 0.4) is 0 Å². The summed E-state index contributed by atoms with van der Waals surface area (Å²) in [5.41, 5.74) is 3.37. The smallest absolute Gasteiger partial charge is 0.244 e. The van der Waals surface area contributed by atoms with Crippen molar-refractivity contribution in [2.75, 3.05) is 26.2 Å². The van der Waals surface area contributed by atoms with Gasteiger partial charge in [-0.05, 0) is 32.0 Å². The first-order chi connectivity index (χ1) is 12.2. The lowest BCUT2D eigenvalue weighted by molar-refractivity contribution is 0.181. The van der Waals surface area contributed by atoms with Crippen molar-refractivity contribution in [3.05, 3.63) is 45.2 Å². The lowest BCUT2D eigenvalue weighted by Crippen LogP contribution is -2.48. The van der Waals surface area contributed by atoms with Crippen LogP contribution < -0.4 is 0 Å². The minimum atomic E-state index is -3.65. The molecule has 9 heteroatoms. The summed E-state index contributed by atoms with van der Waals surface area (Å²) in [5, 5.41) is 4.99. The minimum absolute atomic E-state index is 0.0686. The van der Waals surface area contributed by atoms with E-state index >= 15 is 0 Å². The fourth-order valence-corrected chi connectivity index (χ4v) is 5.37. The lowest BCUT2D eigenvalue weighted by atomic mass is 10.1. The fourth-order valence-electron chi connectivity index (χ4n) is 3.21. The summed E-state index contributed by atoms with van der Waals surface area (Å²) in [6, 6.07) is 4.51. The lowest BCUT2D eigenvalue weighted by Gasteiger charge is -2.34. The largest absolute Gasteiger partial charge is 0.296 e. The molecule has 0 radical (unpaired) electrons. The van der Waals surface area contributed by atoms with E-state index in [0.29, 0.717) is 31.2 Å². The molecule has 0 saturated carbocycles. The van der Waals surface area contributed by atoms with Crippen LogP contribution in [-0.4, -0.2) is 53.6 Å². The zero-order chi connectivity index (χ0) is 19.1. The number of aryl methyl sites for hydroxylation is 2. The first-order valence-corrected chi connectivity index (χ1v) is 10.6. The third-order valence-electron chi connectivity index (χ3n) is 4.88. The first kappa shape index (κ1) is 19.6. The molecule has 6 nitrogen and oxygen atoms in total. The predicted octanol–water partition coefficient (Wildman–Crippen LogP) is 2.85. The Balaban J connectivity index is 1.71. The van der Waals surface area contributed by atoms with Crippen molar-refractivity contribution in [3.8, 4) is 0 Å². The molecule has 0 unspecified atom stereocenters. The normalized spacial score (nSPS) is 17.0. The van der Waals surface area contributed by atoms with Gasteiger partial charge in [-0.15, -0.1) is 0 Å².